The van der Waals surface area contributed by atoms with E-state index in [1.807, 2.05) is 0 Å². The van der Waals surface area contributed by atoms with Crippen LogP contribution in [0.1, 0.15) is 59.8 Å². The zero-order valence-corrected chi connectivity index (χ0v) is 14.3. The molecule has 2 N–H and O–H groups in total. The zero-order valence-electron chi connectivity index (χ0n) is 13.4. The van der Waals surface area contributed by atoms with Gasteiger partial charge in [-0.2, -0.15) is 0 Å². The molecule has 1 saturated carbocycles. The van der Waals surface area contributed by atoms with Gasteiger partial charge in [0.15, 0.2) is 0 Å². The summed E-state index contributed by atoms with van der Waals surface area (Å²) in [6, 6.07) is 0.221. The molecule has 3 nitrogen and oxygen atoms in total. The summed E-state index contributed by atoms with van der Waals surface area (Å²) in [5.41, 5.74) is 6.19. The van der Waals surface area contributed by atoms with Crippen molar-refractivity contribution in [1.29, 1.82) is 0 Å². The fourth-order valence-electron chi connectivity index (χ4n) is 3.77. The fraction of sp³-hybridized carbons (Fsp3) is 0.938. The lowest BCUT2D eigenvalue weighted by atomic mass is 9.63. The molecule has 4 heteroatoms. The standard InChI is InChI=1S/C16H30N2O.ClH/c1-12(2)10-16(7-5-8-16)14(19)18-9-6-13(17)15(3,4)11-18;/h12-13H,5-11,17H2,1-4H3;1H. The van der Waals surface area contributed by atoms with E-state index in [0.717, 1.165) is 38.8 Å². The Kier molecular flexibility index (Phi) is 5.53. The molecular formula is C16H31ClN2O. The van der Waals surface area contributed by atoms with Gasteiger partial charge in [-0.25, -0.2) is 0 Å². The number of hydrogen-bond donors (Lipinski definition) is 1. The first-order chi connectivity index (χ1) is 8.77. The highest BCUT2D eigenvalue weighted by Crippen LogP contribution is 2.48. The lowest BCUT2D eigenvalue weighted by molar-refractivity contribution is -0.152. The molecule has 20 heavy (non-hydrogen) atoms. The Morgan fingerprint density at radius 3 is 2.35 bits per heavy atom. The molecule has 0 spiro atoms. The molecule has 0 radical (unpaired) electrons. The Morgan fingerprint density at radius 1 is 1.35 bits per heavy atom. The number of hydrogen-bond acceptors (Lipinski definition) is 2. The molecule has 2 fully saturated rings. The second kappa shape index (κ2) is 6.23. The molecule has 0 aromatic rings. The number of rotatable bonds is 3. The van der Waals surface area contributed by atoms with Crippen molar-refractivity contribution >= 4 is 18.3 Å². The maximum atomic E-state index is 12.9. The van der Waals surface area contributed by atoms with Gasteiger partial charge in [-0.05, 0) is 37.0 Å². The summed E-state index contributed by atoms with van der Waals surface area (Å²) < 4.78 is 0. The molecular weight excluding hydrogens is 272 g/mol. The first kappa shape index (κ1) is 17.8. The van der Waals surface area contributed by atoms with Crippen LogP contribution in [0.4, 0.5) is 0 Å². The number of amides is 1. The maximum Gasteiger partial charge on any atom is 0.228 e. The number of likely N-dealkylation sites (tertiary alicyclic amines) is 1. The average molecular weight is 303 g/mol. The quantitative estimate of drug-likeness (QED) is 0.870. The Balaban J connectivity index is 0.00000200. The van der Waals surface area contributed by atoms with E-state index >= 15 is 0 Å². The van der Waals surface area contributed by atoms with Crippen LogP contribution < -0.4 is 5.73 Å². The van der Waals surface area contributed by atoms with Gasteiger partial charge in [-0.15, -0.1) is 12.4 Å². The Hall–Kier alpha value is -0.280. The van der Waals surface area contributed by atoms with Gasteiger partial charge in [-0.3, -0.25) is 4.79 Å². The summed E-state index contributed by atoms with van der Waals surface area (Å²) in [6.07, 6.45) is 5.39. The number of halogens is 1. The minimum Gasteiger partial charge on any atom is -0.342 e. The Morgan fingerprint density at radius 2 is 1.95 bits per heavy atom. The fourth-order valence-corrected chi connectivity index (χ4v) is 3.77. The van der Waals surface area contributed by atoms with Crippen LogP contribution in [-0.2, 0) is 4.79 Å². The third-order valence-electron chi connectivity index (χ3n) is 5.16. The van der Waals surface area contributed by atoms with Crippen molar-refractivity contribution in [2.45, 2.75) is 65.8 Å². The summed E-state index contributed by atoms with van der Waals surface area (Å²) in [5, 5.41) is 0. The van der Waals surface area contributed by atoms with Crippen molar-refractivity contribution in [2.24, 2.45) is 22.5 Å². The van der Waals surface area contributed by atoms with E-state index in [1.165, 1.54) is 6.42 Å². The van der Waals surface area contributed by atoms with E-state index in [2.05, 4.69) is 32.6 Å². The topological polar surface area (TPSA) is 46.3 Å². The number of nitrogens with zero attached hydrogens (tertiary/aromatic N) is 1. The molecule has 1 aliphatic carbocycles. The number of piperidine rings is 1. The van der Waals surface area contributed by atoms with Crippen LogP contribution in [0.15, 0.2) is 0 Å². The lowest BCUT2D eigenvalue weighted by Crippen LogP contribution is -2.58. The first-order valence-corrected chi connectivity index (χ1v) is 7.82. The van der Waals surface area contributed by atoms with Gasteiger partial charge in [0.1, 0.15) is 0 Å². The van der Waals surface area contributed by atoms with Crippen LogP contribution in [0.25, 0.3) is 0 Å². The van der Waals surface area contributed by atoms with Crippen LogP contribution in [0.5, 0.6) is 0 Å². The molecule has 1 unspecified atom stereocenters. The SMILES string of the molecule is CC(C)CC1(C(=O)N2CCC(N)C(C)(C)C2)CCC1.Cl. The number of carbonyl (C=O) groups is 1. The minimum atomic E-state index is -0.0360. The average Bonchev–Trinajstić information content (AvgIpc) is 2.26. The largest absolute Gasteiger partial charge is 0.342 e. The number of nitrogens with two attached hydrogens (primary N) is 1. The molecule has 1 saturated heterocycles. The monoisotopic (exact) mass is 302 g/mol. The summed E-state index contributed by atoms with van der Waals surface area (Å²) in [7, 11) is 0. The van der Waals surface area contributed by atoms with Crippen LogP contribution in [0.2, 0.25) is 0 Å². The zero-order chi connectivity index (χ0) is 14.3. The highest BCUT2D eigenvalue weighted by molar-refractivity contribution is 5.85. The predicted molar refractivity (Wildman–Crippen MR) is 85.9 cm³/mol. The van der Waals surface area contributed by atoms with Crippen molar-refractivity contribution in [3.63, 3.8) is 0 Å². The smallest absolute Gasteiger partial charge is 0.228 e. The van der Waals surface area contributed by atoms with Crippen LogP contribution in [0.3, 0.4) is 0 Å². The summed E-state index contributed by atoms with van der Waals surface area (Å²) in [6.45, 7) is 10.5. The predicted octanol–water partition coefficient (Wildman–Crippen LogP) is 3.21. The first-order valence-electron chi connectivity index (χ1n) is 7.82. The van der Waals surface area contributed by atoms with Crippen molar-refractivity contribution in [1.82, 2.24) is 4.90 Å². The Bertz CT molecular complexity index is 350. The number of carbonyl (C=O) groups excluding carboxylic acids is 1. The van der Waals surface area contributed by atoms with Gasteiger partial charge < -0.3 is 10.6 Å². The van der Waals surface area contributed by atoms with Gasteiger partial charge in [0.2, 0.25) is 5.91 Å². The molecule has 1 aliphatic heterocycles. The second-order valence-electron chi connectivity index (χ2n) is 7.84. The normalized spacial score (nSPS) is 27.7. The minimum absolute atomic E-state index is 0. The van der Waals surface area contributed by atoms with Crippen molar-refractivity contribution in [2.75, 3.05) is 13.1 Å². The van der Waals surface area contributed by atoms with Crippen LogP contribution >= 0.6 is 12.4 Å². The molecule has 0 aromatic heterocycles. The van der Waals surface area contributed by atoms with Gasteiger partial charge in [-0.1, -0.05) is 34.1 Å². The van der Waals surface area contributed by atoms with Crippen molar-refractivity contribution in [3.05, 3.63) is 0 Å². The van der Waals surface area contributed by atoms with Gasteiger partial charge in [0, 0.05) is 24.5 Å². The third-order valence-corrected chi connectivity index (χ3v) is 5.16. The molecule has 118 valence electrons. The molecule has 0 aromatic carbocycles. The van der Waals surface area contributed by atoms with E-state index in [9.17, 15) is 4.79 Å². The maximum absolute atomic E-state index is 12.9. The van der Waals surface area contributed by atoms with E-state index < -0.39 is 0 Å². The highest BCUT2D eigenvalue weighted by Gasteiger charge is 2.48. The molecule has 0 bridgehead atoms. The van der Waals surface area contributed by atoms with Gasteiger partial charge in [0.25, 0.3) is 0 Å². The molecule has 1 amide bonds. The van der Waals surface area contributed by atoms with Crippen LogP contribution in [-0.4, -0.2) is 29.9 Å². The molecule has 2 aliphatic rings. The van der Waals surface area contributed by atoms with Crippen LogP contribution in [0, 0.1) is 16.7 Å². The molecule has 2 rings (SSSR count). The van der Waals surface area contributed by atoms with E-state index in [-0.39, 0.29) is 29.3 Å². The highest BCUT2D eigenvalue weighted by atomic mass is 35.5. The molecule has 1 atom stereocenters. The van der Waals surface area contributed by atoms with Gasteiger partial charge >= 0.3 is 0 Å². The Labute approximate surface area is 130 Å². The van der Waals surface area contributed by atoms with Gasteiger partial charge in [0.05, 0.1) is 0 Å². The summed E-state index contributed by atoms with van der Waals surface area (Å²) in [4.78, 5) is 15.0. The lowest BCUT2D eigenvalue weighted by Gasteiger charge is -2.49. The third kappa shape index (κ3) is 3.30. The van der Waals surface area contributed by atoms with E-state index in [4.69, 9.17) is 5.73 Å². The second-order valence-corrected chi connectivity index (χ2v) is 7.84. The van der Waals surface area contributed by atoms with Crippen molar-refractivity contribution < 1.29 is 4.79 Å². The van der Waals surface area contributed by atoms with Crippen molar-refractivity contribution in [3.8, 4) is 0 Å². The summed E-state index contributed by atoms with van der Waals surface area (Å²) in [5.74, 6) is 1.01. The van der Waals surface area contributed by atoms with E-state index in [1.54, 1.807) is 0 Å². The molecule has 1 heterocycles. The van der Waals surface area contributed by atoms with E-state index in [0.29, 0.717) is 11.8 Å². The summed E-state index contributed by atoms with van der Waals surface area (Å²) >= 11 is 0.